The third kappa shape index (κ3) is 3.36. The molecule has 0 amide bonds. The first-order valence-corrected chi connectivity index (χ1v) is 6.77. The zero-order chi connectivity index (χ0) is 12.1. The average molecular weight is 254 g/mol. The molecule has 2 nitrogen and oxygen atoms in total. The SMILES string of the molecule is Fc1ccccc1N1CCN(CCCS)CC1. The monoisotopic (exact) mass is 254 g/mol. The van der Waals surface area contributed by atoms with Crippen LogP contribution in [0.3, 0.4) is 0 Å². The van der Waals surface area contributed by atoms with Crippen molar-refractivity contribution in [2.24, 2.45) is 0 Å². The van der Waals surface area contributed by atoms with E-state index < -0.39 is 0 Å². The van der Waals surface area contributed by atoms with E-state index in [-0.39, 0.29) is 5.82 Å². The molecular weight excluding hydrogens is 235 g/mol. The Morgan fingerprint density at radius 1 is 1.12 bits per heavy atom. The van der Waals surface area contributed by atoms with Crippen LogP contribution in [0, 0.1) is 5.82 Å². The summed E-state index contributed by atoms with van der Waals surface area (Å²) in [6, 6.07) is 7.02. The Morgan fingerprint density at radius 2 is 1.82 bits per heavy atom. The predicted molar refractivity (Wildman–Crippen MR) is 73.5 cm³/mol. The van der Waals surface area contributed by atoms with E-state index in [2.05, 4.69) is 22.4 Å². The highest BCUT2D eigenvalue weighted by Crippen LogP contribution is 2.20. The number of para-hydroxylation sites is 1. The van der Waals surface area contributed by atoms with E-state index in [4.69, 9.17) is 0 Å². The molecule has 0 saturated carbocycles. The summed E-state index contributed by atoms with van der Waals surface area (Å²) >= 11 is 4.22. The van der Waals surface area contributed by atoms with Crippen LogP contribution in [0.15, 0.2) is 24.3 Å². The van der Waals surface area contributed by atoms with Gasteiger partial charge in [-0.1, -0.05) is 12.1 Å². The molecule has 0 aromatic heterocycles. The Labute approximate surface area is 108 Å². The van der Waals surface area contributed by atoms with E-state index in [9.17, 15) is 4.39 Å². The second-order valence-electron chi connectivity index (χ2n) is 4.36. The van der Waals surface area contributed by atoms with Crippen molar-refractivity contribution in [3.63, 3.8) is 0 Å². The number of nitrogens with zero attached hydrogens (tertiary/aromatic N) is 2. The smallest absolute Gasteiger partial charge is 0.146 e. The molecule has 0 bridgehead atoms. The van der Waals surface area contributed by atoms with E-state index in [0.29, 0.717) is 0 Å². The van der Waals surface area contributed by atoms with E-state index in [1.54, 1.807) is 6.07 Å². The van der Waals surface area contributed by atoms with Gasteiger partial charge in [-0.2, -0.15) is 12.6 Å². The summed E-state index contributed by atoms with van der Waals surface area (Å²) in [6.45, 7) is 4.96. The molecule has 2 rings (SSSR count). The van der Waals surface area contributed by atoms with Gasteiger partial charge in [0.05, 0.1) is 5.69 Å². The van der Waals surface area contributed by atoms with Crippen LogP contribution in [0.5, 0.6) is 0 Å². The molecule has 0 radical (unpaired) electrons. The number of anilines is 1. The molecule has 1 aliphatic rings. The summed E-state index contributed by atoms with van der Waals surface area (Å²) in [7, 11) is 0. The van der Waals surface area contributed by atoms with Gasteiger partial charge in [-0.25, -0.2) is 4.39 Å². The number of rotatable bonds is 4. The first-order valence-electron chi connectivity index (χ1n) is 6.14. The Bertz CT molecular complexity index is 351. The lowest BCUT2D eigenvalue weighted by Gasteiger charge is -2.36. The van der Waals surface area contributed by atoms with Gasteiger partial charge in [0.1, 0.15) is 5.82 Å². The van der Waals surface area contributed by atoms with Crippen molar-refractivity contribution in [1.29, 1.82) is 0 Å². The number of hydrogen-bond donors (Lipinski definition) is 1. The highest BCUT2D eigenvalue weighted by molar-refractivity contribution is 7.80. The Balaban J connectivity index is 1.89. The second kappa shape index (κ2) is 6.26. The van der Waals surface area contributed by atoms with Crippen LogP contribution in [0.25, 0.3) is 0 Å². The van der Waals surface area contributed by atoms with Gasteiger partial charge in [-0.05, 0) is 30.9 Å². The van der Waals surface area contributed by atoms with E-state index in [0.717, 1.165) is 50.6 Å². The number of halogens is 1. The van der Waals surface area contributed by atoms with Crippen molar-refractivity contribution in [2.45, 2.75) is 6.42 Å². The van der Waals surface area contributed by atoms with Gasteiger partial charge in [0.2, 0.25) is 0 Å². The maximum Gasteiger partial charge on any atom is 0.146 e. The zero-order valence-corrected chi connectivity index (χ0v) is 10.9. The molecule has 0 unspecified atom stereocenters. The van der Waals surface area contributed by atoms with Crippen LogP contribution in [0.2, 0.25) is 0 Å². The molecule has 1 heterocycles. The Morgan fingerprint density at radius 3 is 2.47 bits per heavy atom. The van der Waals surface area contributed by atoms with E-state index >= 15 is 0 Å². The fourth-order valence-corrected chi connectivity index (χ4v) is 2.36. The molecule has 0 aliphatic carbocycles. The van der Waals surface area contributed by atoms with Gasteiger partial charge in [-0.3, -0.25) is 4.90 Å². The molecule has 1 saturated heterocycles. The summed E-state index contributed by atoms with van der Waals surface area (Å²) in [5.41, 5.74) is 0.737. The minimum Gasteiger partial charge on any atom is -0.367 e. The van der Waals surface area contributed by atoms with Crippen LogP contribution in [0.1, 0.15) is 6.42 Å². The third-order valence-electron chi connectivity index (χ3n) is 3.20. The van der Waals surface area contributed by atoms with Crippen LogP contribution in [-0.2, 0) is 0 Å². The van der Waals surface area contributed by atoms with Crippen molar-refractivity contribution < 1.29 is 4.39 Å². The number of piperazine rings is 1. The lowest BCUT2D eigenvalue weighted by Crippen LogP contribution is -2.47. The van der Waals surface area contributed by atoms with Crippen molar-refractivity contribution in [2.75, 3.05) is 43.4 Å². The van der Waals surface area contributed by atoms with Crippen LogP contribution < -0.4 is 4.90 Å². The summed E-state index contributed by atoms with van der Waals surface area (Å²) in [6.07, 6.45) is 1.13. The lowest BCUT2D eigenvalue weighted by molar-refractivity contribution is 0.258. The number of hydrogen-bond acceptors (Lipinski definition) is 3. The third-order valence-corrected chi connectivity index (χ3v) is 3.51. The minimum absolute atomic E-state index is 0.115. The number of benzene rings is 1. The second-order valence-corrected chi connectivity index (χ2v) is 4.80. The Kier molecular flexibility index (Phi) is 4.68. The van der Waals surface area contributed by atoms with Gasteiger partial charge in [-0.15, -0.1) is 0 Å². The van der Waals surface area contributed by atoms with Gasteiger partial charge in [0.15, 0.2) is 0 Å². The van der Waals surface area contributed by atoms with E-state index in [1.807, 2.05) is 12.1 Å². The molecule has 1 aliphatic heterocycles. The topological polar surface area (TPSA) is 6.48 Å². The van der Waals surface area contributed by atoms with E-state index in [1.165, 1.54) is 6.07 Å². The highest BCUT2D eigenvalue weighted by atomic mass is 32.1. The van der Waals surface area contributed by atoms with Gasteiger partial charge in [0.25, 0.3) is 0 Å². The predicted octanol–water partition coefficient (Wildman–Crippen LogP) is 2.27. The quantitative estimate of drug-likeness (QED) is 0.824. The highest BCUT2D eigenvalue weighted by Gasteiger charge is 2.18. The summed E-state index contributed by atoms with van der Waals surface area (Å²) < 4.78 is 13.6. The molecule has 4 heteroatoms. The molecule has 0 atom stereocenters. The van der Waals surface area contributed by atoms with Crippen LogP contribution in [-0.4, -0.2) is 43.4 Å². The first kappa shape index (κ1) is 12.7. The largest absolute Gasteiger partial charge is 0.367 e. The fourth-order valence-electron chi connectivity index (χ4n) is 2.21. The number of thiol groups is 1. The molecule has 0 spiro atoms. The standard InChI is InChI=1S/C13H19FN2S/c14-12-4-1-2-5-13(12)16-9-7-15(8-10-16)6-3-11-17/h1-2,4-5,17H,3,6-11H2. The van der Waals surface area contributed by atoms with Crippen LogP contribution >= 0.6 is 12.6 Å². The normalized spacial score (nSPS) is 17.4. The molecule has 1 aromatic rings. The van der Waals surface area contributed by atoms with Crippen molar-refractivity contribution in [3.8, 4) is 0 Å². The van der Waals surface area contributed by atoms with Crippen molar-refractivity contribution in [1.82, 2.24) is 4.90 Å². The van der Waals surface area contributed by atoms with Crippen molar-refractivity contribution >= 4 is 18.3 Å². The lowest BCUT2D eigenvalue weighted by atomic mass is 10.2. The fraction of sp³-hybridized carbons (Fsp3) is 0.538. The molecule has 1 fully saturated rings. The zero-order valence-electron chi connectivity index (χ0n) is 9.98. The molecule has 0 N–H and O–H groups in total. The summed E-state index contributed by atoms with van der Waals surface area (Å²) in [5, 5.41) is 0. The summed E-state index contributed by atoms with van der Waals surface area (Å²) in [5.74, 6) is 0.823. The maximum atomic E-state index is 13.6. The van der Waals surface area contributed by atoms with Crippen molar-refractivity contribution in [3.05, 3.63) is 30.1 Å². The molecular formula is C13H19FN2S. The van der Waals surface area contributed by atoms with Gasteiger partial charge in [0, 0.05) is 26.2 Å². The maximum absolute atomic E-state index is 13.6. The van der Waals surface area contributed by atoms with Crippen LogP contribution in [0.4, 0.5) is 10.1 Å². The Hall–Kier alpha value is -0.740. The first-order chi connectivity index (χ1) is 8.31. The van der Waals surface area contributed by atoms with Gasteiger partial charge < -0.3 is 4.90 Å². The molecule has 17 heavy (non-hydrogen) atoms. The molecule has 1 aromatic carbocycles. The average Bonchev–Trinajstić information content (AvgIpc) is 2.38. The van der Waals surface area contributed by atoms with Gasteiger partial charge >= 0.3 is 0 Å². The minimum atomic E-state index is -0.115. The summed E-state index contributed by atoms with van der Waals surface area (Å²) in [4.78, 5) is 4.56. The molecule has 94 valence electrons.